The fraction of sp³-hybridized carbons (Fsp3) is 0.688. The van der Waals surface area contributed by atoms with Crippen LogP contribution in [0.5, 0.6) is 0 Å². The molecule has 1 aromatic rings. The van der Waals surface area contributed by atoms with E-state index >= 15 is 0 Å². The number of alkyl halides is 3. The second kappa shape index (κ2) is 6.31. The highest BCUT2D eigenvalue weighted by Gasteiger charge is 2.41. The molecule has 0 aliphatic carbocycles. The van der Waals surface area contributed by atoms with Gasteiger partial charge in [0, 0.05) is 43.6 Å². The summed E-state index contributed by atoms with van der Waals surface area (Å²) in [7, 11) is 0. The van der Waals surface area contributed by atoms with E-state index in [2.05, 4.69) is 9.97 Å². The summed E-state index contributed by atoms with van der Waals surface area (Å²) in [5.74, 6) is 0.161. The van der Waals surface area contributed by atoms with Gasteiger partial charge in [-0.2, -0.15) is 13.2 Å². The molecule has 0 saturated carbocycles. The van der Waals surface area contributed by atoms with Crippen LogP contribution in [-0.4, -0.2) is 47.1 Å². The second-order valence-corrected chi connectivity index (χ2v) is 6.68. The Morgan fingerprint density at radius 2 is 2.12 bits per heavy atom. The van der Waals surface area contributed by atoms with Crippen molar-refractivity contribution in [2.75, 3.05) is 26.3 Å². The summed E-state index contributed by atoms with van der Waals surface area (Å²) in [6.45, 7) is 3.80. The zero-order valence-electron chi connectivity index (χ0n) is 13.5. The number of piperidine rings is 1. The topological polar surface area (TPSA) is 55.3 Å². The Morgan fingerprint density at radius 1 is 1.33 bits per heavy atom. The maximum absolute atomic E-state index is 12.8. The van der Waals surface area contributed by atoms with Gasteiger partial charge in [-0.3, -0.25) is 4.79 Å². The van der Waals surface area contributed by atoms with Crippen molar-refractivity contribution in [2.24, 2.45) is 5.41 Å². The minimum absolute atomic E-state index is 0.0124. The number of amides is 1. The highest BCUT2D eigenvalue weighted by Crippen LogP contribution is 2.38. The first-order valence-corrected chi connectivity index (χ1v) is 8.05. The number of ether oxygens (including phenoxy) is 1. The van der Waals surface area contributed by atoms with E-state index in [0.29, 0.717) is 32.7 Å². The van der Waals surface area contributed by atoms with Crippen LogP contribution in [0.1, 0.15) is 36.5 Å². The summed E-state index contributed by atoms with van der Waals surface area (Å²) in [4.78, 5) is 21.5. The summed E-state index contributed by atoms with van der Waals surface area (Å²) in [6, 6.07) is 0.931. The molecule has 1 atom stereocenters. The van der Waals surface area contributed by atoms with Gasteiger partial charge < -0.3 is 9.64 Å². The lowest BCUT2D eigenvalue weighted by molar-refractivity contribution is -0.141. The molecule has 3 rings (SSSR count). The van der Waals surface area contributed by atoms with Crippen LogP contribution in [0.25, 0.3) is 0 Å². The van der Waals surface area contributed by atoms with Gasteiger partial charge in [-0.1, -0.05) is 0 Å². The van der Waals surface area contributed by atoms with Gasteiger partial charge >= 0.3 is 6.18 Å². The number of aryl methyl sites for hydroxylation is 1. The zero-order valence-corrected chi connectivity index (χ0v) is 13.5. The van der Waals surface area contributed by atoms with Gasteiger partial charge in [-0.15, -0.1) is 0 Å². The molecule has 1 aromatic heterocycles. The highest BCUT2D eigenvalue weighted by atomic mass is 19.4. The van der Waals surface area contributed by atoms with Gasteiger partial charge in [0.25, 0.3) is 0 Å². The number of nitrogens with zero attached hydrogens (tertiary/aromatic N) is 3. The van der Waals surface area contributed by atoms with E-state index in [1.165, 1.54) is 6.92 Å². The smallest absolute Gasteiger partial charge is 0.381 e. The standard InChI is InChI=1S/C16H20F3N3O2/c1-11-8-12(16(17,18)19)21-13(20-11)3-6-22-9-15(4-2-14(22)23)5-7-24-10-15/h8H,2-7,9-10H2,1H3/t15-/m1/s1. The molecule has 8 heteroatoms. The van der Waals surface area contributed by atoms with E-state index in [-0.39, 0.29) is 29.3 Å². The minimum Gasteiger partial charge on any atom is -0.381 e. The largest absolute Gasteiger partial charge is 0.433 e. The van der Waals surface area contributed by atoms with Gasteiger partial charge in [0.15, 0.2) is 0 Å². The molecule has 1 spiro atoms. The molecule has 2 aliphatic heterocycles. The van der Waals surface area contributed by atoms with Gasteiger partial charge in [0.2, 0.25) is 5.91 Å². The minimum atomic E-state index is -4.49. The van der Waals surface area contributed by atoms with E-state index in [1.54, 1.807) is 4.90 Å². The summed E-state index contributed by atoms with van der Waals surface area (Å²) < 4.78 is 44.0. The van der Waals surface area contributed by atoms with Gasteiger partial charge in [0.05, 0.1) is 6.61 Å². The molecule has 1 amide bonds. The van der Waals surface area contributed by atoms with Crippen LogP contribution in [0.4, 0.5) is 13.2 Å². The molecule has 0 bridgehead atoms. The van der Waals surface area contributed by atoms with Crippen LogP contribution in [-0.2, 0) is 22.1 Å². The summed E-state index contributed by atoms with van der Waals surface area (Å²) >= 11 is 0. The summed E-state index contributed by atoms with van der Waals surface area (Å²) in [5.41, 5.74) is -0.646. The van der Waals surface area contributed by atoms with Gasteiger partial charge in [0.1, 0.15) is 11.5 Å². The average Bonchev–Trinajstić information content (AvgIpc) is 2.95. The Labute approximate surface area is 138 Å². The Hall–Kier alpha value is -1.70. The fourth-order valence-electron chi connectivity index (χ4n) is 3.40. The van der Waals surface area contributed by atoms with Gasteiger partial charge in [-0.25, -0.2) is 9.97 Å². The maximum Gasteiger partial charge on any atom is 0.433 e. The molecular weight excluding hydrogens is 323 g/mol. The summed E-state index contributed by atoms with van der Waals surface area (Å²) in [5, 5.41) is 0. The molecule has 24 heavy (non-hydrogen) atoms. The van der Waals surface area contributed by atoms with Crippen LogP contribution in [0.3, 0.4) is 0 Å². The Kier molecular flexibility index (Phi) is 4.50. The third kappa shape index (κ3) is 3.68. The quantitative estimate of drug-likeness (QED) is 0.846. The molecule has 132 valence electrons. The van der Waals surface area contributed by atoms with Crippen LogP contribution in [0, 0.1) is 12.3 Å². The number of likely N-dealkylation sites (tertiary alicyclic amines) is 1. The molecule has 2 aliphatic rings. The first-order valence-electron chi connectivity index (χ1n) is 8.05. The molecule has 0 N–H and O–H groups in total. The Bertz CT molecular complexity index is 627. The number of aromatic nitrogens is 2. The van der Waals surface area contributed by atoms with E-state index in [9.17, 15) is 18.0 Å². The number of carbonyl (C=O) groups is 1. The lowest BCUT2D eigenvalue weighted by Gasteiger charge is -2.39. The first kappa shape index (κ1) is 17.1. The van der Waals surface area contributed by atoms with E-state index in [4.69, 9.17) is 4.74 Å². The SMILES string of the molecule is Cc1cc(C(F)(F)F)nc(CCN2C[C@]3(CCOC3)CCC2=O)n1. The van der Waals surface area contributed by atoms with Crippen molar-refractivity contribution >= 4 is 5.91 Å². The van der Waals surface area contributed by atoms with Gasteiger partial charge in [-0.05, 0) is 25.8 Å². The predicted molar refractivity (Wildman–Crippen MR) is 79.2 cm³/mol. The number of hydrogen-bond acceptors (Lipinski definition) is 4. The zero-order chi connectivity index (χ0) is 17.4. The Morgan fingerprint density at radius 3 is 2.79 bits per heavy atom. The molecule has 3 heterocycles. The lowest BCUT2D eigenvalue weighted by Crippen LogP contribution is -2.47. The number of halogens is 3. The van der Waals surface area contributed by atoms with Crippen molar-refractivity contribution in [2.45, 2.75) is 38.8 Å². The molecule has 2 saturated heterocycles. The molecule has 0 aromatic carbocycles. The molecule has 5 nitrogen and oxygen atoms in total. The maximum atomic E-state index is 12.8. The third-order valence-electron chi connectivity index (χ3n) is 4.73. The van der Waals surface area contributed by atoms with Crippen LogP contribution < -0.4 is 0 Å². The van der Waals surface area contributed by atoms with E-state index < -0.39 is 11.9 Å². The summed E-state index contributed by atoms with van der Waals surface area (Å²) in [6.07, 6.45) is -2.06. The van der Waals surface area contributed by atoms with Crippen molar-refractivity contribution in [1.82, 2.24) is 14.9 Å². The van der Waals surface area contributed by atoms with Crippen molar-refractivity contribution in [3.05, 3.63) is 23.3 Å². The van der Waals surface area contributed by atoms with Crippen LogP contribution in [0.2, 0.25) is 0 Å². The van der Waals surface area contributed by atoms with Crippen molar-refractivity contribution < 1.29 is 22.7 Å². The van der Waals surface area contributed by atoms with Crippen LogP contribution >= 0.6 is 0 Å². The van der Waals surface area contributed by atoms with Crippen LogP contribution in [0.15, 0.2) is 6.07 Å². The second-order valence-electron chi connectivity index (χ2n) is 6.68. The van der Waals surface area contributed by atoms with E-state index in [1.807, 2.05) is 0 Å². The molecule has 2 fully saturated rings. The van der Waals surface area contributed by atoms with Crippen molar-refractivity contribution in [3.63, 3.8) is 0 Å². The third-order valence-corrected chi connectivity index (χ3v) is 4.73. The first-order chi connectivity index (χ1) is 11.3. The fourth-order valence-corrected chi connectivity index (χ4v) is 3.40. The van der Waals surface area contributed by atoms with Crippen molar-refractivity contribution in [3.8, 4) is 0 Å². The predicted octanol–water partition coefficient (Wildman–Crippen LogP) is 2.38. The normalized spacial score (nSPS) is 24.8. The monoisotopic (exact) mass is 343 g/mol. The molecule has 0 radical (unpaired) electrons. The number of carbonyl (C=O) groups excluding carboxylic acids is 1. The van der Waals surface area contributed by atoms with Crippen molar-refractivity contribution in [1.29, 1.82) is 0 Å². The lowest BCUT2D eigenvalue weighted by atomic mass is 9.79. The van der Waals surface area contributed by atoms with E-state index in [0.717, 1.165) is 18.9 Å². The number of rotatable bonds is 3. The number of hydrogen-bond donors (Lipinski definition) is 0. The molecule has 0 unspecified atom stereocenters. The molecular formula is C16H20F3N3O2. The highest BCUT2D eigenvalue weighted by molar-refractivity contribution is 5.77. The Balaban J connectivity index is 1.68. The average molecular weight is 343 g/mol.